The van der Waals surface area contributed by atoms with Gasteiger partial charge in [0.15, 0.2) is 0 Å². The average molecular weight is 407 g/mol. The van der Waals surface area contributed by atoms with Crippen LogP contribution in [0.25, 0.3) is 11.0 Å². The third kappa shape index (κ3) is 4.44. The number of fused-ring (bicyclic) bond motifs is 1. The van der Waals surface area contributed by atoms with E-state index < -0.39 is 6.04 Å². The van der Waals surface area contributed by atoms with Crippen LogP contribution in [-0.2, 0) is 22.7 Å². The van der Waals surface area contributed by atoms with Gasteiger partial charge in [0.1, 0.15) is 0 Å². The van der Waals surface area contributed by atoms with Gasteiger partial charge < -0.3 is 20.6 Å². The van der Waals surface area contributed by atoms with Crippen molar-refractivity contribution in [3.63, 3.8) is 0 Å². The highest BCUT2D eigenvalue weighted by molar-refractivity contribution is 5.88. The zero-order chi connectivity index (χ0) is 21.1. The average Bonchev–Trinajstić information content (AvgIpc) is 3.10. The fourth-order valence-electron chi connectivity index (χ4n) is 3.82. The Balaban J connectivity index is 1.39. The van der Waals surface area contributed by atoms with Crippen molar-refractivity contribution in [2.45, 2.75) is 32.5 Å². The molecule has 1 unspecified atom stereocenters. The molecule has 30 heavy (non-hydrogen) atoms. The predicted molar refractivity (Wildman–Crippen MR) is 114 cm³/mol. The van der Waals surface area contributed by atoms with Crippen molar-refractivity contribution in [2.24, 2.45) is 0 Å². The Hall–Kier alpha value is -3.39. The first-order valence-electron chi connectivity index (χ1n) is 10.0. The van der Waals surface area contributed by atoms with Crippen LogP contribution in [-0.4, -0.2) is 45.8 Å². The number of amides is 2. The SMILES string of the molecule is Cc1ccccc1CN1CCNC(=O)C1CC(=O)NCc1ccc2[nH]c(=O)[nH]c2c1. The molecule has 4 N–H and O–H groups in total. The number of rotatable bonds is 6. The largest absolute Gasteiger partial charge is 0.353 e. The Bertz CT molecular complexity index is 1130. The number of aryl methyl sites for hydroxylation is 1. The monoisotopic (exact) mass is 407 g/mol. The lowest BCUT2D eigenvalue weighted by Crippen LogP contribution is -2.56. The first-order valence-corrected chi connectivity index (χ1v) is 10.0. The molecule has 0 saturated carbocycles. The maximum Gasteiger partial charge on any atom is 0.323 e. The molecule has 1 saturated heterocycles. The van der Waals surface area contributed by atoms with Crippen LogP contribution in [0.3, 0.4) is 0 Å². The molecule has 1 atom stereocenters. The summed E-state index contributed by atoms with van der Waals surface area (Å²) in [7, 11) is 0. The number of carbonyl (C=O) groups is 2. The smallest absolute Gasteiger partial charge is 0.323 e. The van der Waals surface area contributed by atoms with Crippen molar-refractivity contribution in [1.29, 1.82) is 0 Å². The van der Waals surface area contributed by atoms with Gasteiger partial charge in [-0.25, -0.2) is 4.79 Å². The van der Waals surface area contributed by atoms with E-state index >= 15 is 0 Å². The Labute approximate surface area is 173 Å². The van der Waals surface area contributed by atoms with Crippen molar-refractivity contribution < 1.29 is 9.59 Å². The number of aromatic amines is 2. The molecule has 1 aromatic heterocycles. The summed E-state index contributed by atoms with van der Waals surface area (Å²) >= 11 is 0. The maximum atomic E-state index is 12.6. The highest BCUT2D eigenvalue weighted by Gasteiger charge is 2.31. The lowest BCUT2D eigenvalue weighted by molar-refractivity contribution is -0.134. The second-order valence-corrected chi connectivity index (χ2v) is 7.64. The first kappa shape index (κ1) is 19.9. The molecule has 4 rings (SSSR count). The third-order valence-corrected chi connectivity index (χ3v) is 5.53. The quantitative estimate of drug-likeness (QED) is 0.492. The van der Waals surface area contributed by atoms with Crippen LogP contribution in [0, 0.1) is 6.92 Å². The number of benzene rings is 2. The highest BCUT2D eigenvalue weighted by Crippen LogP contribution is 2.17. The molecule has 0 bridgehead atoms. The van der Waals surface area contributed by atoms with E-state index in [1.807, 2.05) is 24.3 Å². The molecular formula is C22H25N5O3. The minimum absolute atomic E-state index is 0.0982. The number of aromatic nitrogens is 2. The molecule has 0 aliphatic carbocycles. The molecule has 8 heteroatoms. The van der Waals surface area contributed by atoms with E-state index in [4.69, 9.17) is 0 Å². The summed E-state index contributed by atoms with van der Waals surface area (Å²) in [5, 5.41) is 5.75. The van der Waals surface area contributed by atoms with Crippen molar-refractivity contribution in [3.8, 4) is 0 Å². The first-order chi connectivity index (χ1) is 14.5. The van der Waals surface area contributed by atoms with E-state index in [0.717, 1.165) is 16.6 Å². The van der Waals surface area contributed by atoms with Gasteiger partial charge in [-0.05, 0) is 35.7 Å². The molecule has 0 spiro atoms. The highest BCUT2D eigenvalue weighted by atomic mass is 16.2. The Morgan fingerprint density at radius 1 is 1.13 bits per heavy atom. The number of imidazole rings is 1. The van der Waals surface area contributed by atoms with Crippen LogP contribution in [0.15, 0.2) is 47.3 Å². The molecule has 3 aromatic rings. The topological polar surface area (TPSA) is 110 Å². The Morgan fingerprint density at radius 2 is 1.93 bits per heavy atom. The van der Waals surface area contributed by atoms with Crippen LogP contribution in [0.4, 0.5) is 0 Å². The third-order valence-electron chi connectivity index (χ3n) is 5.53. The molecule has 1 aliphatic heterocycles. The number of hydrogen-bond donors (Lipinski definition) is 4. The fourth-order valence-corrected chi connectivity index (χ4v) is 3.82. The van der Waals surface area contributed by atoms with E-state index in [-0.39, 0.29) is 23.9 Å². The van der Waals surface area contributed by atoms with Crippen molar-refractivity contribution >= 4 is 22.8 Å². The standard InChI is InChI=1S/C22H25N5O3/c1-14-4-2-3-5-16(14)13-27-9-8-23-21(29)19(27)11-20(28)24-12-15-6-7-17-18(10-15)26-22(30)25-17/h2-7,10,19H,8-9,11-13H2,1H3,(H,23,29)(H,24,28)(H2,25,26,30). The lowest BCUT2D eigenvalue weighted by Gasteiger charge is -2.35. The molecule has 1 aliphatic rings. The molecular weight excluding hydrogens is 382 g/mol. The van der Waals surface area contributed by atoms with Gasteiger partial charge in [0.25, 0.3) is 0 Å². The summed E-state index contributed by atoms with van der Waals surface area (Å²) in [6.07, 6.45) is 0.0982. The summed E-state index contributed by atoms with van der Waals surface area (Å²) in [6, 6.07) is 13.1. The number of carbonyl (C=O) groups excluding carboxylic acids is 2. The van der Waals surface area contributed by atoms with Crippen molar-refractivity contribution in [3.05, 3.63) is 69.6 Å². The van der Waals surface area contributed by atoms with Crippen molar-refractivity contribution in [1.82, 2.24) is 25.5 Å². The van der Waals surface area contributed by atoms with E-state index in [1.165, 1.54) is 5.56 Å². The van der Waals surface area contributed by atoms with Crippen molar-refractivity contribution in [2.75, 3.05) is 13.1 Å². The van der Waals surface area contributed by atoms with Gasteiger partial charge in [0.2, 0.25) is 11.8 Å². The predicted octanol–water partition coefficient (Wildman–Crippen LogP) is 1.17. The number of nitrogens with one attached hydrogen (secondary N) is 4. The lowest BCUT2D eigenvalue weighted by atomic mass is 10.0. The molecule has 1 fully saturated rings. The van der Waals surface area contributed by atoms with Crippen LogP contribution in [0.1, 0.15) is 23.1 Å². The number of hydrogen-bond acceptors (Lipinski definition) is 4. The molecule has 2 amide bonds. The van der Waals surface area contributed by atoms with Gasteiger partial charge in [-0.2, -0.15) is 0 Å². The molecule has 8 nitrogen and oxygen atoms in total. The van der Waals surface area contributed by atoms with E-state index in [0.29, 0.717) is 31.7 Å². The van der Waals surface area contributed by atoms with Gasteiger partial charge in [0.05, 0.1) is 23.5 Å². The van der Waals surface area contributed by atoms with E-state index in [9.17, 15) is 14.4 Å². The van der Waals surface area contributed by atoms with Crippen LogP contribution < -0.4 is 16.3 Å². The Kier molecular flexibility index (Phi) is 5.67. The summed E-state index contributed by atoms with van der Waals surface area (Å²) in [5.74, 6) is -0.300. The van der Waals surface area contributed by atoms with Crippen LogP contribution in [0.5, 0.6) is 0 Å². The van der Waals surface area contributed by atoms with E-state index in [1.54, 1.807) is 6.07 Å². The number of H-pyrrole nitrogens is 2. The van der Waals surface area contributed by atoms with Gasteiger partial charge in [0, 0.05) is 26.2 Å². The zero-order valence-electron chi connectivity index (χ0n) is 16.8. The van der Waals surface area contributed by atoms with Crippen LogP contribution in [0.2, 0.25) is 0 Å². The van der Waals surface area contributed by atoms with Gasteiger partial charge in [-0.15, -0.1) is 0 Å². The zero-order valence-corrected chi connectivity index (χ0v) is 16.8. The number of nitrogens with zero attached hydrogens (tertiary/aromatic N) is 1. The normalized spacial score (nSPS) is 17.1. The summed E-state index contributed by atoms with van der Waals surface area (Å²) in [5.41, 5.74) is 4.36. The molecule has 156 valence electrons. The maximum absolute atomic E-state index is 12.6. The van der Waals surface area contributed by atoms with Gasteiger partial charge in [-0.3, -0.25) is 14.5 Å². The molecule has 0 radical (unpaired) electrons. The fraction of sp³-hybridized carbons (Fsp3) is 0.318. The van der Waals surface area contributed by atoms with Gasteiger partial charge in [-0.1, -0.05) is 30.3 Å². The summed E-state index contributed by atoms with van der Waals surface area (Å²) < 4.78 is 0. The Morgan fingerprint density at radius 3 is 2.77 bits per heavy atom. The van der Waals surface area contributed by atoms with E-state index in [2.05, 4.69) is 44.6 Å². The summed E-state index contributed by atoms with van der Waals surface area (Å²) in [6.45, 7) is 4.30. The second-order valence-electron chi connectivity index (χ2n) is 7.64. The van der Waals surface area contributed by atoms with Gasteiger partial charge >= 0.3 is 5.69 Å². The molecule has 2 aromatic carbocycles. The molecule has 2 heterocycles. The minimum atomic E-state index is -0.498. The second kappa shape index (κ2) is 8.54. The summed E-state index contributed by atoms with van der Waals surface area (Å²) in [4.78, 5) is 43.9. The number of piperazine rings is 1. The van der Waals surface area contributed by atoms with Crippen LogP contribution >= 0.6 is 0 Å². The minimum Gasteiger partial charge on any atom is -0.353 e.